The van der Waals surface area contributed by atoms with Gasteiger partial charge in [0.05, 0.1) is 11.1 Å². The Morgan fingerprint density at radius 2 is 1.68 bits per heavy atom. The zero-order valence-corrected chi connectivity index (χ0v) is 23.1. The van der Waals surface area contributed by atoms with Gasteiger partial charge in [-0.05, 0) is 76.8 Å². The van der Waals surface area contributed by atoms with Crippen LogP contribution >= 0.6 is 11.6 Å². The molecule has 4 atom stereocenters. The Labute approximate surface area is 237 Å². The van der Waals surface area contributed by atoms with E-state index in [9.17, 15) is 35.9 Å². The first-order chi connectivity index (χ1) is 19.0. The number of nitrogens with zero attached hydrogens (tertiary/aromatic N) is 2. The Morgan fingerprint density at radius 3 is 2.22 bits per heavy atom. The van der Waals surface area contributed by atoms with E-state index in [0.29, 0.717) is 18.7 Å². The van der Waals surface area contributed by atoms with Gasteiger partial charge in [0.2, 0.25) is 0 Å². The zero-order chi connectivity index (χ0) is 30.3. The molecule has 2 aromatic rings. The van der Waals surface area contributed by atoms with Crippen LogP contribution in [0.1, 0.15) is 62.4 Å². The number of nitrogens with one attached hydrogen (secondary N) is 2. The molecule has 0 aliphatic carbocycles. The second-order valence-corrected chi connectivity index (χ2v) is 11.3. The Kier molecular flexibility index (Phi) is 8.41. The largest absolute Gasteiger partial charge is 0.477 e. The smallest absolute Gasteiger partial charge is 0.420 e. The van der Waals surface area contributed by atoms with Crippen molar-refractivity contribution >= 4 is 29.2 Å². The number of amides is 2. The van der Waals surface area contributed by atoms with Crippen LogP contribution in [0.25, 0.3) is 0 Å². The molecule has 0 spiro atoms. The van der Waals surface area contributed by atoms with E-state index in [1.165, 1.54) is 32.2 Å². The Balaban J connectivity index is 1.39. The lowest BCUT2D eigenvalue weighted by atomic mass is 9.96. The van der Waals surface area contributed by atoms with Crippen LogP contribution in [0.5, 0.6) is 5.75 Å². The molecular formula is C27H29ClF6N4O3. The van der Waals surface area contributed by atoms with Crippen molar-refractivity contribution in [2.45, 2.75) is 88.6 Å². The van der Waals surface area contributed by atoms with Crippen molar-refractivity contribution < 1.29 is 40.7 Å². The van der Waals surface area contributed by atoms with Crippen LogP contribution in [0.15, 0.2) is 36.5 Å². The number of hydrogen-bond acceptors (Lipinski definition) is 5. The molecule has 0 radical (unpaired) electrons. The molecule has 2 bridgehead atoms. The lowest BCUT2D eigenvalue weighted by Crippen LogP contribution is -2.55. The Hall–Kier alpha value is -3.22. The summed E-state index contributed by atoms with van der Waals surface area (Å²) in [6.07, 6.45) is -5.36. The molecule has 2 aliphatic heterocycles. The highest BCUT2D eigenvalue weighted by Gasteiger charge is 2.44. The lowest BCUT2D eigenvalue weighted by Gasteiger charge is -2.41. The van der Waals surface area contributed by atoms with E-state index in [1.807, 2.05) is 5.32 Å². The molecule has 2 fully saturated rings. The Morgan fingerprint density at radius 1 is 1.05 bits per heavy atom. The minimum atomic E-state index is -4.73. The molecule has 1 aromatic heterocycles. The van der Waals surface area contributed by atoms with Gasteiger partial charge in [-0.25, -0.2) is 4.98 Å². The van der Waals surface area contributed by atoms with E-state index in [2.05, 4.69) is 15.2 Å². The maximum absolute atomic E-state index is 13.5. The van der Waals surface area contributed by atoms with Crippen molar-refractivity contribution in [3.8, 4) is 5.75 Å². The third-order valence-electron chi connectivity index (χ3n) is 7.34. The van der Waals surface area contributed by atoms with Crippen LogP contribution in [0.3, 0.4) is 0 Å². The standard InChI is InChI=1S/C27H29ClF6N4O3/c1-14(26(29,30)31)36-23(39)15-4-9-22(35-13-15)38-18-6-7-19(38)12-17(11-18)37-24(40)25(2,3)41-21-8-5-16(28)10-20(21)27(32,33)34/h4-5,8-10,13-14,17-19H,6-7,11-12H2,1-3H3,(H,36,39)(H,37,40)/t14-,17?,18-,19+/m0/s1. The second-order valence-electron chi connectivity index (χ2n) is 10.8. The second kappa shape index (κ2) is 11.2. The first-order valence-electron chi connectivity index (χ1n) is 12.9. The fourth-order valence-corrected chi connectivity index (χ4v) is 5.37. The Bertz CT molecular complexity index is 1270. The molecule has 4 rings (SSSR count). The van der Waals surface area contributed by atoms with Crippen LogP contribution in [-0.2, 0) is 11.0 Å². The summed E-state index contributed by atoms with van der Waals surface area (Å²) >= 11 is 5.73. The number of carbonyl (C=O) groups excluding carboxylic acids is 2. The molecule has 1 aromatic carbocycles. The summed E-state index contributed by atoms with van der Waals surface area (Å²) in [5.74, 6) is -1.40. The average molecular weight is 607 g/mol. The quantitative estimate of drug-likeness (QED) is 0.383. The summed E-state index contributed by atoms with van der Waals surface area (Å²) in [7, 11) is 0. The minimum Gasteiger partial charge on any atom is -0.477 e. The van der Waals surface area contributed by atoms with Crippen molar-refractivity contribution in [1.29, 1.82) is 0 Å². The van der Waals surface area contributed by atoms with Gasteiger partial charge in [-0.3, -0.25) is 9.59 Å². The lowest BCUT2D eigenvalue weighted by molar-refractivity contribution is -0.149. The number of halogens is 7. The molecule has 14 heteroatoms. The fourth-order valence-electron chi connectivity index (χ4n) is 5.20. The molecule has 2 amide bonds. The fraction of sp³-hybridized carbons (Fsp3) is 0.519. The predicted octanol–water partition coefficient (Wildman–Crippen LogP) is 5.91. The monoisotopic (exact) mass is 606 g/mol. The highest BCUT2D eigenvalue weighted by atomic mass is 35.5. The van der Waals surface area contributed by atoms with Crippen molar-refractivity contribution in [3.05, 3.63) is 52.7 Å². The molecule has 0 saturated carbocycles. The number of carbonyl (C=O) groups is 2. The number of piperidine rings is 1. The van der Waals surface area contributed by atoms with Crippen LogP contribution in [-0.4, -0.2) is 52.7 Å². The van der Waals surface area contributed by atoms with E-state index >= 15 is 0 Å². The summed E-state index contributed by atoms with van der Waals surface area (Å²) < 4.78 is 84.3. The van der Waals surface area contributed by atoms with Gasteiger partial charge in [0.25, 0.3) is 11.8 Å². The number of benzene rings is 1. The molecule has 1 unspecified atom stereocenters. The molecule has 2 saturated heterocycles. The summed E-state index contributed by atoms with van der Waals surface area (Å²) in [5, 5.41) is 4.70. The molecule has 7 nitrogen and oxygen atoms in total. The third-order valence-corrected chi connectivity index (χ3v) is 7.58. The van der Waals surface area contributed by atoms with Crippen LogP contribution in [0.2, 0.25) is 5.02 Å². The number of pyridine rings is 1. The highest BCUT2D eigenvalue weighted by Crippen LogP contribution is 2.40. The summed E-state index contributed by atoms with van der Waals surface area (Å²) in [6, 6.07) is 3.80. The van der Waals surface area contributed by atoms with Gasteiger partial charge in [0.1, 0.15) is 17.6 Å². The van der Waals surface area contributed by atoms with Crippen molar-refractivity contribution in [3.63, 3.8) is 0 Å². The molecule has 224 valence electrons. The number of anilines is 1. The van der Waals surface area contributed by atoms with Gasteiger partial charge in [0, 0.05) is 29.3 Å². The molecule has 2 aliphatic rings. The third kappa shape index (κ3) is 6.99. The van der Waals surface area contributed by atoms with Crippen molar-refractivity contribution in [1.82, 2.24) is 15.6 Å². The van der Waals surface area contributed by atoms with E-state index < -0.39 is 47.1 Å². The van der Waals surface area contributed by atoms with E-state index in [-0.39, 0.29) is 28.7 Å². The van der Waals surface area contributed by atoms with E-state index in [0.717, 1.165) is 31.9 Å². The normalized spacial score (nSPS) is 21.8. The molecule has 2 N–H and O–H groups in total. The summed E-state index contributed by atoms with van der Waals surface area (Å²) in [5.41, 5.74) is -2.70. The molecular weight excluding hydrogens is 578 g/mol. The number of alkyl halides is 6. The van der Waals surface area contributed by atoms with Crippen molar-refractivity contribution in [2.75, 3.05) is 4.90 Å². The zero-order valence-electron chi connectivity index (χ0n) is 22.4. The SMILES string of the molecule is C[C@H](NC(=O)c1ccc(N2[C@@H]3CC[C@H]2CC(NC(=O)C(C)(C)Oc2ccc(Cl)cc2C(F)(F)F)C3)nc1)C(F)(F)F. The average Bonchev–Trinajstić information content (AvgIpc) is 3.13. The molecule has 3 heterocycles. The first kappa shape index (κ1) is 30.7. The predicted molar refractivity (Wildman–Crippen MR) is 139 cm³/mol. The maximum atomic E-state index is 13.5. The maximum Gasteiger partial charge on any atom is 0.420 e. The van der Waals surface area contributed by atoms with Gasteiger partial charge >= 0.3 is 12.4 Å². The van der Waals surface area contributed by atoms with Crippen LogP contribution in [0, 0.1) is 0 Å². The number of ether oxygens (including phenoxy) is 1. The summed E-state index contributed by atoms with van der Waals surface area (Å²) in [4.78, 5) is 31.7. The van der Waals surface area contributed by atoms with Crippen LogP contribution < -0.4 is 20.3 Å². The highest BCUT2D eigenvalue weighted by molar-refractivity contribution is 6.30. The topological polar surface area (TPSA) is 83.6 Å². The van der Waals surface area contributed by atoms with Gasteiger partial charge in [0.15, 0.2) is 5.60 Å². The van der Waals surface area contributed by atoms with Gasteiger partial charge < -0.3 is 20.3 Å². The van der Waals surface area contributed by atoms with Gasteiger partial charge in [-0.2, -0.15) is 26.3 Å². The first-order valence-corrected chi connectivity index (χ1v) is 13.3. The van der Waals surface area contributed by atoms with Gasteiger partial charge in [-0.15, -0.1) is 0 Å². The van der Waals surface area contributed by atoms with E-state index in [1.54, 1.807) is 6.07 Å². The van der Waals surface area contributed by atoms with Gasteiger partial charge in [-0.1, -0.05) is 11.6 Å². The molecule has 41 heavy (non-hydrogen) atoms. The summed E-state index contributed by atoms with van der Waals surface area (Å²) in [6.45, 7) is 3.63. The number of rotatable bonds is 7. The number of fused-ring (bicyclic) bond motifs is 2. The van der Waals surface area contributed by atoms with Crippen LogP contribution in [0.4, 0.5) is 32.2 Å². The van der Waals surface area contributed by atoms with E-state index in [4.69, 9.17) is 16.3 Å². The minimum absolute atomic E-state index is 0.00375. The number of hydrogen-bond donors (Lipinski definition) is 2. The van der Waals surface area contributed by atoms with Crippen molar-refractivity contribution in [2.24, 2.45) is 0 Å². The number of aromatic nitrogens is 1.